The van der Waals surface area contributed by atoms with Crippen molar-refractivity contribution in [3.63, 3.8) is 0 Å². The third kappa shape index (κ3) is 6.67. The molecule has 6 nitrogen and oxygen atoms in total. The maximum absolute atomic E-state index is 12.5. The van der Waals surface area contributed by atoms with Crippen LogP contribution >= 0.6 is 0 Å². The zero-order chi connectivity index (χ0) is 22.2. The van der Waals surface area contributed by atoms with Crippen molar-refractivity contribution in [3.05, 3.63) is 29.8 Å². The number of hydrogen-bond donors (Lipinski definition) is 0. The molecule has 1 saturated carbocycles. The van der Waals surface area contributed by atoms with Crippen LogP contribution in [0.15, 0.2) is 24.3 Å². The van der Waals surface area contributed by atoms with Crippen LogP contribution in [-0.2, 0) is 9.59 Å². The minimum atomic E-state index is -2.94. The lowest BCUT2D eigenvalue weighted by Crippen LogP contribution is -2.50. The summed E-state index contributed by atoms with van der Waals surface area (Å²) in [6.07, 6.45) is 8.44. The van der Waals surface area contributed by atoms with E-state index in [0.717, 1.165) is 12.8 Å². The second kappa shape index (κ2) is 11.1. The summed E-state index contributed by atoms with van der Waals surface area (Å²) in [4.78, 5) is 28.6. The number of rotatable bonds is 8. The average molecular weight is 436 g/mol. The second-order valence-electron chi connectivity index (χ2n) is 7.91. The molecule has 2 fully saturated rings. The quantitative estimate of drug-likeness (QED) is 0.579. The van der Waals surface area contributed by atoms with E-state index >= 15 is 0 Å². The summed E-state index contributed by atoms with van der Waals surface area (Å²) in [6.45, 7) is 1.23. The Kier molecular flexibility index (Phi) is 8.26. The Morgan fingerprint density at radius 2 is 1.77 bits per heavy atom. The number of ether oxygens (including phenoxy) is 2. The minimum Gasteiger partial charge on any atom is -0.490 e. The molecule has 0 radical (unpaired) electrons. The van der Waals surface area contributed by atoms with Crippen LogP contribution in [0, 0.1) is 5.92 Å². The number of benzene rings is 1. The Balaban J connectivity index is 1.52. The molecule has 3 rings (SSSR count). The molecule has 2 aliphatic rings. The number of amides is 2. The lowest BCUT2D eigenvalue weighted by Gasteiger charge is -2.34. The molecule has 31 heavy (non-hydrogen) atoms. The Morgan fingerprint density at radius 1 is 1.10 bits per heavy atom. The molecule has 0 bridgehead atoms. The minimum absolute atomic E-state index is 0.0429. The van der Waals surface area contributed by atoms with Gasteiger partial charge in [-0.15, -0.1) is 0 Å². The molecule has 1 heterocycles. The second-order valence-corrected chi connectivity index (χ2v) is 7.91. The third-order valence-corrected chi connectivity index (χ3v) is 5.78. The van der Waals surface area contributed by atoms with Crippen LogP contribution in [0.4, 0.5) is 8.78 Å². The van der Waals surface area contributed by atoms with E-state index in [0.29, 0.717) is 50.7 Å². The van der Waals surface area contributed by atoms with Gasteiger partial charge in [-0.05, 0) is 49.5 Å². The Hall–Kier alpha value is -2.64. The Morgan fingerprint density at radius 3 is 2.42 bits per heavy atom. The van der Waals surface area contributed by atoms with E-state index in [1.54, 1.807) is 30.0 Å². The van der Waals surface area contributed by atoms with Gasteiger partial charge in [0.15, 0.2) is 11.5 Å². The summed E-state index contributed by atoms with van der Waals surface area (Å²) in [7, 11) is 0. The van der Waals surface area contributed by atoms with Crippen molar-refractivity contribution in [2.45, 2.75) is 45.6 Å². The van der Waals surface area contributed by atoms with Crippen LogP contribution in [0.25, 0.3) is 6.08 Å². The zero-order valence-corrected chi connectivity index (χ0v) is 17.9. The molecule has 8 heteroatoms. The fourth-order valence-electron chi connectivity index (χ4n) is 4.13. The number of carbonyl (C=O) groups is 2. The molecule has 0 N–H and O–H groups in total. The number of piperazine rings is 1. The standard InChI is InChI=1S/C23H30F2N2O4/c1-2-30-20-15-18(7-9-19(20)31-23(24)25)8-10-21(28)26-11-13-27(14-12-26)22(29)16-17-5-3-4-6-17/h7-10,15,17,23H,2-6,11-14,16H2,1H3/b10-8+. The molecule has 170 valence electrons. The van der Waals surface area contributed by atoms with Crippen LogP contribution in [0.3, 0.4) is 0 Å². The maximum Gasteiger partial charge on any atom is 0.387 e. The Bertz CT molecular complexity index is 786. The highest BCUT2D eigenvalue weighted by atomic mass is 19.3. The van der Waals surface area contributed by atoms with Gasteiger partial charge in [0.1, 0.15) is 0 Å². The van der Waals surface area contributed by atoms with E-state index in [1.165, 1.54) is 25.0 Å². The number of alkyl halides is 2. The zero-order valence-electron chi connectivity index (χ0n) is 17.9. The molecule has 0 atom stereocenters. The van der Waals surface area contributed by atoms with E-state index in [1.807, 2.05) is 4.90 Å². The lowest BCUT2D eigenvalue weighted by atomic mass is 10.0. The van der Waals surface area contributed by atoms with Crippen LogP contribution in [0.5, 0.6) is 11.5 Å². The van der Waals surface area contributed by atoms with Crippen molar-refractivity contribution in [1.29, 1.82) is 0 Å². The third-order valence-electron chi connectivity index (χ3n) is 5.78. The van der Waals surface area contributed by atoms with Gasteiger partial charge >= 0.3 is 6.61 Å². The summed E-state index contributed by atoms with van der Waals surface area (Å²) in [6, 6.07) is 4.55. The monoisotopic (exact) mass is 436 g/mol. The lowest BCUT2D eigenvalue weighted by molar-refractivity contribution is -0.137. The maximum atomic E-state index is 12.5. The first-order valence-corrected chi connectivity index (χ1v) is 10.9. The first-order chi connectivity index (χ1) is 15.0. The largest absolute Gasteiger partial charge is 0.490 e. The predicted octanol–water partition coefficient (Wildman–Crippen LogP) is 3.95. The molecular formula is C23H30F2N2O4. The van der Waals surface area contributed by atoms with E-state index in [4.69, 9.17) is 4.74 Å². The summed E-state index contributed by atoms with van der Waals surface area (Å²) >= 11 is 0. The SMILES string of the molecule is CCOc1cc(/C=C/C(=O)N2CCN(C(=O)CC3CCCC3)CC2)ccc1OC(F)F. The van der Waals surface area contributed by atoms with E-state index in [9.17, 15) is 18.4 Å². The van der Waals surface area contributed by atoms with Gasteiger partial charge in [0.05, 0.1) is 6.61 Å². The van der Waals surface area contributed by atoms with E-state index < -0.39 is 6.61 Å². The molecule has 1 aromatic rings. The molecular weight excluding hydrogens is 406 g/mol. The number of carbonyl (C=O) groups excluding carboxylic acids is 2. The highest BCUT2D eigenvalue weighted by molar-refractivity contribution is 5.92. The molecule has 1 saturated heterocycles. The molecule has 1 aliphatic heterocycles. The van der Waals surface area contributed by atoms with Gasteiger partial charge < -0.3 is 19.3 Å². The highest BCUT2D eigenvalue weighted by Gasteiger charge is 2.26. The van der Waals surface area contributed by atoms with Crippen LogP contribution < -0.4 is 9.47 Å². The molecule has 0 unspecified atom stereocenters. The summed E-state index contributed by atoms with van der Waals surface area (Å²) in [5.41, 5.74) is 0.642. The first kappa shape index (κ1) is 23.0. The summed E-state index contributed by atoms with van der Waals surface area (Å²) < 4.78 is 34.8. The van der Waals surface area contributed by atoms with Gasteiger partial charge in [0, 0.05) is 38.7 Å². The fourth-order valence-corrected chi connectivity index (χ4v) is 4.13. The van der Waals surface area contributed by atoms with Gasteiger partial charge in [0.2, 0.25) is 11.8 Å². The topological polar surface area (TPSA) is 59.1 Å². The highest BCUT2D eigenvalue weighted by Crippen LogP contribution is 2.30. The van der Waals surface area contributed by atoms with E-state index in [2.05, 4.69) is 4.74 Å². The normalized spacial score (nSPS) is 17.5. The van der Waals surface area contributed by atoms with Gasteiger partial charge in [-0.2, -0.15) is 8.78 Å². The molecule has 2 amide bonds. The van der Waals surface area contributed by atoms with Crippen molar-refractivity contribution in [3.8, 4) is 11.5 Å². The van der Waals surface area contributed by atoms with Crippen LogP contribution in [0.1, 0.15) is 44.6 Å². The fraction of sp³-hybridized carbons (Fsp3) is 0.565. The van der Waals surface area contributed by atoms with Gasteiger partial charge in [-0.1, -0.05) is 18.9 Å². The van der Waals surface area contributed by atoms with Crippen molar-refractivity contribution >= 4 is 17.9 Å². The number of nitrogens with zero attached hydrogens (tertiary/aromatic N) is 2. The van der Waals surface area contributed by atoms with Crippen molar-refractivity contribution in [1.82, 2.24) is 9.80 Å². The molecule has 1 aliphatic carbocycles. The predicted molar refractivity (Wildman–Crippen MR) is 113 cm³/mol. The summed E-state index contributed by atoms with van der Waals surface area (Å²) in [5.74, 6) is 0.734. The molecule has 1 aromatic carbocycles. The van der Waals surface area contributed by atoms with Gasteiger partial charge in [0.25, 0.3) is 0 Å². The molecule has 0 spiro atoms. The van der Waals surface area contributed by atoms with Crippen molar-refractivity contribution in [2.75, 3.05) is 32.8 Å². The van der Waals surface area contributed by atoms with E-state index in [-0.39, 0.29) is 23.3 Å². The van der Waals surface area contributed by atoms with Gasteiger partial charge in [-0.3, -0.25) is 9.59 Å². The Labute approximate surface area is 181 Å². The average Bonchev–Trinajstić information content (AvgIpc) is 3.26. The van der Waals surface area contributed by atoms with Crippen LogP contribution in [0.2, 0.25) is 0 Å². The molecule has 0 aromatic heterocycles. The van der Waals surface area contributed by atoms with Crippen LogP contribution in [-0.4, -0.2) is 61.0 Å². The number of hydrogen-bond acceptors (Lipinski definition) is 4. The smallest absolute Gasteiger partial charge is 0.387 e. The number of halogens is 2. The van der Waals surface area contributed by atoms with Crippen molar-refractivity contribution in [2.24, 2.45) is 5.92 Å². The van der Waals surface area contributed by atoms with Gasteiger partial charge in [-0.25, -0.2) is 0 Å². The van der Waals surface area contributed by atoms with Crippen molar-refractivity contribution < 1.29 is 27.8 Å². The first-order valence-electron chi connectivity index (χ1n) is 10.9. The summed E-state index contributed by atoms with van der Waals surface area (Å²) in [5, 5.41) is 0.